The summed E-state index contributed by atoms with van der Waals surface area (Å²) in [6.07, 6.45) is 26.4. The summed E-state index contributed by atoms with van der Waals surface area (Å²) in [5, 5.41) is 1.39. The zero-order chi connectivity index (χ0) is 50.0. The molecule has 0 saturated heterocycles. The normalized spacial score (nSPS) is 11.1. The minimum absolute atomic E-state index is 0.114. The number of hydrogen-bond acceptors (Lipinski definition) is 10. The van der Waals surface area contributed by atoms with E-state index in [0.717, 1.165) is 31.1 Å². The van der Waals surface area contributed by atoms with Gasteiger partial charge in [-0.1, -0.05) is 153 Å². The molecule has 0 amide bonds. The van der Waals surface area contributed by atoms with Crippen molar-refractivity contribution in [2.75, 3.05) is 6.61 Å². The van der Waals surface area contributed by atoms with Gasteiger partial charge in [0, 0.05) is 10.3 Å². The average molecular weight is 1000 g/mol. The van der Waals surface area contributed by atoms with Gasteiger partial charge in [-0.05, 0) is 128 Å². The maximum Gasteiger partial charge on any atom is 0.353 e. The fourth-order valence-corrected chi connectivity index (χ4v) is 9.42. The summed E-state index contributed by atoms with van der Waals surface area (Å²) in [6.45, 7) is 5.13. The molecule has 0 bridgehead atoms. The van der Waals surface area contributed by atoms with Crippen LogP contribution < -0.4 is 23.7 Å². The Kier molecular flexibility index (Phi) is 23.0. The Hall–Kier alpha value is -5.97. The van der Waals surface area contributed by atoms with E-state index >= 15 is 0 Å². The number of ether oxygens (including phenoxy) is 5. The van der Waals surface area contributed by atoms with Crippen LogP contribution in [0, 0.1) is 0 Å². The maximum atomic E-state index is 13.2. The lowest BCUT2D eigenvalue weighted by Crippen LogP contribution is -2.10. The van der Waals surface area contributed by atoms with Crippen molar-refractivity contribution in [2.45, 2.75) is 149 Å². The molecular formula is C60H69ClO9S. The summed E-state index contributed by atoms with van der Waals surface area (Å²) in [5.41, 5.74) is 0.839. The molecule has 1 heterocycles. The van der Waals surface area contributed by atoms with E-state index < -0.39 is 23.9 Å². The second-order valence-corrected chi connectivity index (χ2v) is 19.7. The highest BCUT2D eigenvalue weighted by Crippen LogP contribution is 2.36. The monoisotopic (exact) mass is 1000 g/mol. The first-order chi connectivity index (χ1) is 34.7. The molecule has 1 aromatic heterocycles. The molecule has 11 heteroatoms. The largest absolute Gasteiger partial charge is 0.494 e. The second kappa shape index (κ2) is 30.0. The molecule has 9 nitrogen and oxygen atoms in total. The number of carbonyl (C=O) groups excluding carboxylic acids is 4. The Labute approximate surface area is 429 Å². The van der Waals surface area contributed by atoms with E-state index in [1.807, 2.05) is 12.1 Å². The van der Waals surface area contributed by atoms with E-state index in [4.69, 9.17) is 35.3 Å². The van der Waals surface area contributed by atoms with Crippen molar-refractivity contribution < 1.29 is 42.9 Å². The molecule has 0 radical (unpaired) electrons. The van der Waals surface area contributed by atoms with Crippen LogP contribution in [-0.4, -0.2) is 30.5 Å². The Balaban J connectivity index is 0.914. The molecule has 0 saturated carbocycles. The van der Waals surface area contributed by atoms with Crippen LogP contribution in [-0.2, 0) is 6.42 Å². The highest BCUT2D eigenvalue weighted by Gasteiger charge is 2.18. The fraction of sp³-hybridized carbons (Fsp3) is 0.400. The third kappa shape index (κ3) is 18.3. The molecule has 0 aliphatic carbocycles. The SMILES string of the molecule is CCCCCCCCCCCCOc1ccc(C(=O)Oc2ccc(C(=O)Oc3ccc4ccc(OC(=O)c5ccc(OC(=O)c6ccc(CCCCCCCCCCCC)s6)cc5)c(Cl)c4c3)cc2)cc1. The Morgan fingerprint density at radius 3 is 1.38 bits per heavy atom. The number of fused-ring (bicyclic) bond motifs is 1. The van der Waals surface area contributed by atoms with Gasteiger partial charge in [0.2, 0.25) is 0 Å². The van der Waals surface area contributed by atoms with E-state index in [9.17, 15) is 19.2 Å². The van der Waals surface area contributed by atoms with Crippen LogP contribution in [0.5, 0.6) is 28.7 Å². The lowest BCUT2D eigenvalue weighted by Gasteiger charge is -2.11. The summed E-state index contributed by atoms with van der Waals surface area (Å²) in [5.74, 6) is -0.662. The molecular weight excluding hydrogens is 932 g/mol. The second-order valence-electron chi connectivity index (χ2n) is 18.1. The number of benzene rings is 5. The minimum atomic E-state index is -0.659. The fourth-order valence-electron chi connectivity index (χ4n) is 8.23. The number of rotatable bonds is 31. The summed E-state index contributed by atoms with van der Waals surface area (Å²) >= 11 is 8.22. The van der Waals surface area contributed by atoms with Gasteiger partial charge in [0.1, 0.15) is 33.6 Å². The molecule has 6 rings (SSSR count). The molecule has 376 valence electrons. The number of halogens is 1. The number of esters is 4. The number of aryl methyl sites for hydroxylation is 1. The molecule has 6 aromatic rings. The maximum absolute atomic E-state index is 13.2. The van der Waals surface area contributed by atoms with Crippen LogP contribution in [0.4, 0.5) is 0 Å². The molecule has 0 unspecified atom stereocenters. The number of hydrogen-bond donors (Lipinski definition) is 0. The highest BCUT2D eigenvalue weighted by atomic mass is 35.5. The smallest absolute Gasteiger partial charge is 0.353 e. The summed E-state index contributed by atoms with van der Waals surface area (Å²) in [4.78, 5) is 53.9. The molecule has 5 aromatic carbocycles. The highest BCUT2D eigenvalue weighted by molar-refractivity contribution is 7.13. The summed E-state index contributed by atoms with van der Waals surface area (Å²) in [7, 11) is 0. The van der Waals surface area contributed by atoms with Crippen LogP contribution in [0.25, 0.3) is 10.8 Å². The van der Waals surface area contributed by atoms with Crippen LogP contribution in [0.1, 0.15) is 188 Å². The topological polar surface area (TPSA) is 114 Å². The molecule has 0 atom stereocenters. The van der Waals surface area contributed by atoms with E-state index in [-0.39, 0.29) is 33.4 Å². The van der Waals surface area contributed by atoms with Crippen LogP contribution in [0.3, 0.4) is 0 Å². The predicted octanol–water partition coefficient (Wildman–Crippen LogP) is 17.2. The van der Waals surface area contributed by atoms with E-state index in [0.29, 0.717) is 33.9 Å². The molecule has 0 fully saturated rings. The van der Waals surface area contributed by atoms with Crippen molar-refractivity contribution in [3.8, 4) is 28.7 Å². The third-order valence-electron chi connectivity index (χ3n) is 12.4. The quantitative estimate of drug-likeness (QED) is 0.0238. The Morgan fingerprint density at radius 2 is 0.845 bits per heavy atom. The summed E-state index contributed by atoms with van der Waals surface area (Å²) in [6, 6.07) is 31.2. The van der Waals surface area contributed by atoms with Crippen molar-refractivity contribution >= 4 is 57.6 Å². The van der Waals surface area contributed by atoms with Gasteiger partial charge in [-0.15, -0.1) is 11.3 Å². The molecule has 0 aliphatic heterocycles. The number of unbranched alkanes of at least 4 members (excludes halogenated alkanes) is 18. The first kappa shape index (κ1) is 54.4. The molecule has 0 N–H and O–H groups in total. The number of thiophene rings is 1. The van der Waals surface area contributed by atoms with Crippen LogP contribution in [0.2, 0.25) is 5.02 Å². The van der Waals surface area contributed by atoms with Gasteiger partial charge < -0.3 is 23.7 Å². The van der Waals surface area contributed by atoms with Gasteiger partial charge in [-0.2, -0.15) is 0 Å². The van der Waals surface area contributed by atoms with Gasteiger partial charge in [-0.3, -0.25) is 0 Å². The average Bonchev–Trinajstić information content (AvgIpc) is 3.87. The van der Waals surface area contributed by atoms with Gasteiger partial charge in [0.15, 0.2) is 0 Å². The van der Waals surface area contributed by atoms with E-state index in [1.54, 1.807) is 66.7 Å². The minimum Gasteiger partial charge on any atom is -0.494 e. The van der Waals surface area contributed by atoms with Gasteiger partial charge in [0.25, 0.3) is 0 Å². The lowest BCUT2D eigenvalue weighted by molar-refractivity contribution is 0.0721. The first-order valence-corrected chi connectivity index (χ1v) is 27.0. The van der Waals surface area contributed by atoms with Crippen molar-refractivity contribution in [1.29, 1.82) is 0 Å². The van der Waals surface area contributed by atoms with Gasteiger partial charge >= 0.3 is 23.9 Å². The lowest BCUT2D eigenvalue weighted by atomic mass is 10.1. The summed E-state index contributed by atoms with van der Waals surface area (Å²) < 4.78 is 28.4. The molecule has 0 aliphatic rings. The predicted molar refractivity (Wildman–Crippen MR) is 285 cm³/mol. The van der Waals surface area contributed by atoms with Gasteiger partial charge in [0.05, 0.1) is 28.3 Å². The van der Waals surface area contributed by atoms with Crippen molar-refractivity contribution in [1.82, 2.24) is 0 Å². The first-order valence-electron chi connectivity index (χ1n) is 25.8. The van der Waals surface area contributed by atoms with Crippen molar-refractivity contribution in [3.05, 3.63) is 147 Å². The Bertz CT molecular complexity index is 2580. The zero-order valence-electron chi connectivity index (χ0n) is 41.5. The third-order valence-corrected chi connectivity index (χ3v) is 13.9. The standard InChI is InChI=1S/C60H69ClO9S/c1-3-5-7-9-11-13-15-17-19-21-23-52-39-41-55(71-52)60(65)68-50-36-29-47(30-37-50)59(64)70-54-40-31-44-24-38-51(43-53(44)56(54)61)69-58(63)46-27-34-49(35-28-46)67-57(62)45-25-32-48(33-26-45)66-42-22-20-18-16-14-12-10-8-6-4-2/h24-41,43H,3-23,42H2,1-2H3. The van der Waals surface area contributed by atoms with Crippen molar-refractivity contribution in [2.24, 2.45) is 0 Å². The van der Waals surface area contributed by atoms with Crippen molar-refractivity contribution in [3.63, 3.8) is 0 Å². The van der Waals surface area contributed by atoms with E-state index in [1.165, 1.54) is 162 Å². The molecule has 0 spiro atoms. The van der Waals surface area contributed by atoms with Gasteiger partial charge in [-0.25, -0.2) is 19.2 Å². The van der Waals surface area contributed by atoms with Crippen LogP contribution in [0.15, 0.2) is 115 Å². The zero-order valence-corrected chi connectivity index (χ0v) is 43.1. The van der Waals surface area contributed by atoms with E-state index in [2.05, 4.69) is 13.8 Å². The molecule has 71 heavy (non-hydrogen) atoms. The number of carbonyl (C=O) groups is 4. The Morgan fingerprint density at radius 1 is 0.423 bits per heavy atom. The van der Waals surface area contributed by atoms with Crippen LogP contribution >= 0.6 is 22.9 Å².